The number of allylic oxidation sites excluding steroid dienone is 3. The second kappa shape index (κ2) is 7.11. The van der Waals surface area contributed by atoms with Crippen LogP contribution in [0.1, 0.15) is 76.0 Å². The molecule has 1 fully saturated rings. The first-order valence-electron chi connectivity index (χ1n) is 11.4. The van der Waals surface area contributed by atoms with Crippen LogP contribution in [0.5, 0.6) is 0 Å². The average molecular weight is 419 g/mol. The molecule has 0 radical (unpaired) electrons. The summed E-state index contributed by atoms with van der Waals surface area (Å²) in [5.74, 6) is 0.250. The Morgan fingerprint density at radius 3 is 2.40 bits per heavy atom. The van der Waals surface area contributed by atoms with Gasteiger partial charge in [0.1, 0.15) is 0 Å². The SMILES string of the molecule is CC1CC(C(C)(C)O)=C(c2ccc3c(c2)C2(CCCCC2)c2ccccc2-3)C=C1Cl. The molecule has 0 saturated heterocycles. The molecule has 0 heterocycles. The standard InChI is InChI=1S/C28H31ClO/c1-18-15-24(27(2,3)30)22(17-26(18)29)19-11-12-21-20-9-5-6-10-23(20)28(25(21)16-19)13-7-4-8-14-28/h5-6,9-12,16-18,30H,4,7-8,13-15H2,1-3H3. The third kappa shape index (κ3) is 3.01. The molecule has 2 aromatic carbocycles. The van der Waals surface area contributed by atoms with Crippen molar-refractivity contribution in [2.45, 2.75) is 70.3 Å². The molecule has 1 nitrogen and oxygen atoms in total. The van der Waals surface area contributed by atoms with E-state index in [1.54, 1.807) is 0 Å². The van der Waals surface area contributed by atoms with Gasteiger partial charge in [-0.2, -0.15) is 0 Å². The molecule has 1 saturated carbocycles. The molecule has 3 aliphatic rings. The molecular weight excluding hydrogens is 388 g/mol. The first-order valence-corrected chi connectivity index (χ1v) is 11.8. The molecule has 0 amide bonds. The minimum absolute atomic E-state index is 0.144. The quantitative estimate of drug-likeness (QED) is 0.532. The number of hydrogen-bond donors (Lipinski definition) is 1. The first-order chi connectivity index (χ1) is 14.3. The Hall–Kier alpha value is -1.83. The van der Waals surface area contributed by atoms with Crippen LogP contribution in [0.3, 0.4) is 0 Å². The van der Waals surface area contributed by atoms with Crippen LogP contribution in [-0.2, 0) is 5.41 Å². The van der Waals surface area contributed by atoms with Crippen molar-refractivity contribution >= 4 is 17.2 Å². The summed E-state index contributed by atoms with van der Waals surface area (Å²) in [5.41, 5.74) is 8.46. The minimum atomic E-state index is -0.859. The second-order valence-corrected chi connectivity index (χ2v) is 10.5. The lowest BCUT2D eigenvalue weighted by molar-refractivity contribution is 0.114. The lowest BCUT2D eigenvalue weighted by atomic mass is 9.67. The number of halogens is 1. The van der Waals surface area contributed by atoms with Crippen LogP contribution in [0.25, 0.3) is 16.7 Å². The smallest absolute Gasteiger partial charge is 0.0809 e. The Balaban J connectivity index is 1.72. The molecule has 30 heavy (non-hydrogen) atoms. The summed E-state index contributed by atoms with van der Waals surface area (Å²) in [6.07, 6.45) is 9.27. The van der Waals surface area contributed by atoms with E-state index in [2.05, 4.69) is 55.5 Å². The minimum Gasteiger partial charge on any atom is -0.386 e. The van der Waals surface area contributed by atoms with E-state index in [1.165, 1.54) is 59.9 Å². The van der Waals surface area contributed by atoms with Gasteiger partial charge in [0.05, 0.1) is 5.60 Å². The lowest BCUT2D eigenvalue weighted by Crippen LogP contribution is -2.28. The Bertz CT molecular complexity index is 1060. The van der Waals surface area contributed by atoms with Crippen molar-refractivity contribution in [1.29, 1.82) is 0 Å². The van der Waals surface area contributed by atoms with Crippen molar-refractivity contribution in [1.82, 2.24) is 0 Å². The third-order valence-electron chi connectivity index (χ3n) is 7.61. The van der Waals surface area contributed by atoms with Gasteiger partial charge in [0, 0.05) is 10.4 Å². The molecule has 0 aliphatic heterocycles. The predicted octanol–water partition coefficient (Wildman–Crippen LogP) is 7.60. The van der Waals surface area contributed by atoms with Gasteiger partial charge in [0.15, 0.2) is 0 Å². The lowest BCUT2D eigenvalue weighted by Gasteiger charge is -2.36. The molecule has 1 atom stereocenters. The van der Waals surface area contributed by atoms with E-state index >= 15 is 0 Å². The number of fused-ring (bicyclic) bond motifs is 5. The molecular formula is C28H31ClO. The fraction of sp³-hybridized carbons (Fsp3) is 0.429. The van der Waals surface area contributed by atoms with Crippen molar-refractivity contribution in [2.75, 3.05) is 0 Å². The van der Waals surface area contributed by atoms with Crippen LogP contribution in [0.15, 0.2) is 59.1 Å². The number of aliphatic hydroxyl groups is 1. The third-order valence-corrected chi connectivity index (χ3v) is 8.09. The van der Waals surface area contributed by atoms with Gasteiger partial charge in [-0.3, -0.25) is 0 Å². The summed E-state index contributed by atoms with van der Waals surface area (Å²) in [6.45, 7) is 5.93. The zero-order valence-electron chi connectivity index (χ0n) is 18.3. The van der Waals surface area contributed by atoms with Crippen molar-refractivity contribution in [3.8, 4) is 11.1 Å². The monoisotopic (exact) mass is 418 g/mol. The molecule has 0 bridgehead atoms. The van der Waals surface area contributed by atoms with Gasteiger partial charge in [-0.1, -0.05) is 74.2 Å². The molecule has 2 aromatic rings. The highest BCUT2D eigenvalue weighted by Gasteiger charge is 2.43. The number of benzene rings is 2. The Kier molecular flexibility index (Phi) is 4.76. The summed E-state index contributed by atoms with van der Waals surface area (Å²) < 4.78 is 0. The maximum absolute atomic E-state index is 10.9. The highest BCUT2D eigenvalue weighted by molar-refractivity contribution is 6.30. The van der Waals surface area contributed by atoms with Crippen molar-refractivity contribution in [3.63, 3.8) is 0 Å². The Labute approximate surface area is 185 Å². The highest BCUT2D eigenvalue weighted by atomic mass is 35.5. The predicted molar refractivity (Wildman–Crippen MR) is 127 cm³/mol. The van der Waals surface area contributed by atoms with Crippen LogP contribution in [-0.4, -0.2) is 10.7 Å². The second-order valence-electron chi connectivity index (χ2n) is 10.0. The first kappa shape index (κ1) is 20.1. The maximum atomic E-state index is 10.9. The zero-order valence-corrected chi connectivity index (χ0v) is 19.0. The van der Waals surface area contributed by atoms with E-state index in [0.717, 1.165) is 22.6 Å². The van der Waals surface area contributed by atoms with Crippen molar-refractivity contribution < 1.29 is 5.11 Å². The summed E-state index contributed by atoms with van der Waals surface area (Å²) in [4.78, 5) is 0. The average Bonchev–Trinajstić information content (AvgIpc) is 2.99. The van der Waals surface area contributed by atoms with Crippen LogP contribution in [0.2, 0.25) is 0 Å². The maximum Gasteiger partial charge on any atom is 0.0809 e. The van der Waals surface area contributed by atoms with Gasteiger partial charge in [0.2, 0.25) is 0 Å². The molecule has 0 aromatic heterocycles. The molecule has 5 rings (SSSR count). The van der Waals surface area contributed by atoms with E-state index in [-0.39, 0.29) is 11.3 Å². The molecule has 1 spiro atoms. The Morgan fingerprint density at radius 2 is 1.67 bits per heavy atom. The molecule has 156 valence electrons. The van der Waals surface area contributed by atoms with Crippen LogP contribution < -0.4 is 0 Å². The van der Waals surface area contributed by atoms with Gasteiger partial charge in [-0.25, -0.2) is 0 Å². The molecule has 1 unspecified atom stereocenters. The Morgan fingerprint density at radius 1 is 0.967 bits per heavy atom. The fourth-order valence-corrected chi connectivity index (χ4v) is 6.22. The fourth-order valence-electron chi connectivity index (χ4n) is 6.03. The zero-order chi connectivity index (χ0) is 21.1. The summed E-state index contributed by atoms with van der Waals surface area (Å²) in [6, 6.07) is 16.0. The van der Waals surface area contributed by atoms with Gasteiger partial charge >= 0.3 is 0 Å². The number of hydrogen-bond acceptors (Lipinski definition) is 1. The van der Waals surface area contributed by atoms with Gasteiger partial charge in [0.25, 0.3) is 0 Å². The largest absolute Gasteiger partial charge is 0.386 e. The molecule has 1 N–H and O–H groups in total. The van der Waals surface area contributed by atoms with E-state index in [0.29, 0.717) is 0 Å². The van der Waals surface area contributed by atoms with Gasteiger partial charge in [-0.15, -0.1) is 0 Å². The van der Waals surface area contributed by atoms with Crippen LogP contribution in [0.4, 0.5) is 0 Å². The van der Waals surface area contributed by atoms with Crippen molar-refractivity contribution in [2.24, 2.45) is 5.92 Å². The van der Waals surface area contributed by atoms with Gasteiger partial charge in [-0.05, 0) is 90.1 Å². The van der Waals surface area contributed by atoms with E-state index < -0.39 is 5.60 Å². The van der Waals surface area contributed by atoms with Crippen LogP contribution >= 0.6 is 11.6 Å². The summed E-state index contributed by atoms with van der Waals surface area (Å²) >= 11 is 6.60. The number of rotatable bonds is 2. The molecule has 2 heteroatoms. The van der Waals surface area contributed by atoms with E-state index in [1.807, 2.05) is 13.8 Å². The van der Waals surface area contributed by atoms with Crippen LogP contribution in [0, 0.1) is 5.92 Å². The molecule has 3 aliphatic carbocycles. The highest BCUT2D eigenvalue weighted by Crippen LogP contribution is 2.56. The normalized spacial score (nSPS) is 22.7. The summed E-state index contributed by atoms with van der Waals surface area (Å²) in [5, 5.41) is 11.8. The summed E-state index contributed by atoms with van der Waals surface area (Å²) in [7, 11) is 0. The van der Waals surface area contributed by atoms with E-state index in [9.17, 15) is 5.11 Å². The van der Waals surface area contributed by atoms with E-state index in [4.69, 9.17) is 11.6 Å². The van der Waals surface area contributed by atoms with Gasteiger partial charge < -0.3 is 5.11 Å². The van der Waals surface area contributed by atoms with Crippen molar-refractivity contribution in [3.05, 3.63) is 75.8 Å². The topological polar surface area (TPSA) is 20.2 Å².